The van der Waals surface area contributed by atoms with Crippen molar-refractivity contribution >= 4 is 27.7 Å². The first-order chi connectivity index (χ1) is 15.4. The molecule has 0 atom stereocenters. The van der Waals surface area contributed by atoms with E-state index in [1.165, 1.54) is 34.3 Å². The van der Waals surface area contributed by atoms with Crippen molar-refractivity contribution < 1.29 is 17.6 Å². The van der Waals surface area contributed by atoms with Gasteiger partial charge in [0.15, 0.2) is 5.16 Å². The number of aryl methyl sites for hydroxylation is 1. The van der Waals surface area contributed by atoms with Gasteiger partial charge in [0, 0.05) is 44.3 Å². The molecule has 1 saturated heterocycles. The number of piperazine rings is 1. The number of hydrogen-bond acceptors (Lipinski definition) is 5. The Morgan fingerprint density at radius 3 is 2.56 bits per heavy atom. The summed E-state index contributed by atoms with van der Waals surface area (Å²) < 4.78 is 42.6. The van der Waals surface area contributed by atoms with Gasteiger partial charge in [0.1, 0.15) is 10.7 Å². The van der Waals surface area contributed by atoms with Crippen LogP contribution < -0.4 is 0 Å². The Kier molecular flexibility index (Phi) is 6.63. The number of imidazole rings is 1. The highest BCUT2D eigenvalue weighted by molar-refractivity contribution is 7.99. The Balaban J connectivity index is 1.35. The molecule has 0 bridgehead atoms. The van der Waals surface area contributed by atoms with Crippen molar-refractivity contribution in [2.24, 2.45) is 0 Å². The lowest BCUT2D eigenvalue weighted by Gasteiger charge is -2.34. The van der Waals surface area contributed by atoms with E-state index in [-0.39, 0.29) is 42.7 Å². The van der Waals surface area contributed by atoms with Gasteiger partial charge in [-0.05, 0) is 36.8 Å². The Bertz CT molecular complexity index is 1220. The second kappa shape index (κ2) is 9.43. The molecule has 0 saturated carbocycles. The average molecular weight is 475 g/mol. The maximum absolute atomic E-state index is 14.0. The van der Waals surface area contributed by atoms with Gasteiger partial charge >= 0.3 is 0 Å². The highest BCUT2D eigenvalue weighted by Gasteiger charge is 2.31. The van der Waals surface area contributed by atoms with E-state index in [0.717, 1.165) is 17.3 Å². The molecule has 0 spiro atoms. The van der Waals surface area contributed by atoms with E-state index in [1.807, 2.05) is 42.0 Å². The summed E-state index contributed by atoms with van der Waals surface area (Å²) in [4.78, 5) is 18.4. The van der Waals surface area contributed by atoms with Gasteiger partial charge in [-0.1, -0.05) is 36.0 Å². The van der Waals surface area contributed by atoms with Crippen LogP contribution in [0.15, 0.2) is 71.0 Å². The minimum absolute atomic E-state index is 0.0864. The van der Waals surface area contributed by atoms with E-state index in [4.69, 9.17) is 0 Å². The Morgan fingerprint density at radius 2 is 1.84 bits per heavy atom. The molecule has 1 aliphatic heterocycles. The number of rotatable bonds is 6. The highest BCUT2D eigenvalue weighted by Crippen LogP contribution is 2.23. The van der Waals surface area contributed by atoms with E-state index < -0.39 is 15.8 Å². The van der Waals surface area contributed by atoms with Gasteiger partial charge in [-0.2, -0.15) is 4.31 Å². The molecule has 0 unspecified atom stereocenters. The van der Waals surface area contributed by atoms with Gasteiger partial charge in [-0.25, -0.2) is 17.8 Å². The number of hydrogen-bond donors (Lipinski definition) is 0. The average Bonchev–Trinajstić information content (AvgIpc) is 3.26. The topological polar surface area (TPSA) is 75.5 Å². The van der Waals surface area contributed by atoms with E-state index in [1.54, 1.807) is 11.1 Å². The zero-order valence-electron chi connectivity index (χ0n) is 17.5. The number of thioether (sulfide) groups is 1. The summed E-state index contributed by atoms with van der Waals surface area (Å²) in [7, 11) is -3.93. The van der Waals surface area contributed by atoms with E-state index in [0.29, 0.717) is 5.16 Å². The second-order valence-corrected chi connectivity index (χ2v) is 10.3. The minimum atomic E-state index is -3.93. The normalized spacial score (nSPS) is 15.1. The first kappa shape index (κ1) is 22.5. The molecule has 2 aromatic carbocycles. The molecule has 10 heteroatoms. The van der Waals surface area contributed by atoms with Crippen LogP contribution in [0.1, 0.15) is 5.56 Å². The summed E-state index contributed by atoms with van der Waals surface area (Å²) in [5.74, 6) is -0.661. The number of nitrogens with zero attached hydrogens (tertiary/aromatic N) is 4. The number of aromatic nitrogens is 2. The van der Waals surface area contributed by atoms with Crippen LogP contribution in [0.25, 0.3) is 5.69 Å². The molecule has 3 aromatic rings. The van der Waals surface area contributed by atoms with Crippen LogP contribution in [-0.2, 0) is 14.8 Å². The lowest BCUT2D eigenvalue weighted by atomic mass is 10.2. The van der Waals surface area contributed by atoms with Gasteiger partial charge < -0.3 is 4.90 Å². The molecule has 1 aromatic heterocycles. The molecule has 0 N–H and O–H groups in total. The number of halogens is 1. The number of sulfonamides is 1. The summed E-state index contributed by atoms with van der Waals surface area (Å²) in [5.41, 5.74) is 2.11. The predicted molar refractivity (Wildman–Crippen MR) is 121 cm³/mol. The summed E-state index contributed by atoms with van der Waals surface area (Å²) in [6.07, 6.45) is 3.55. The summed E-state index contributed by atoms with van der Waals surface area (Å²) >= 11 is 1.34. The van der Waals surface area contributed by atoms with Crippen molar-refractivity contribution in [3.63, 3.8) is 0 Å². The summed E-state index contributed by atoms with van der Waals surface area (Å²) in [6.45, 7) is 2.80. The zero-order chi connectivity index (χ0) is 22.7. The van der Waals surface area contributed by atoms with Crippen molar-refractivity contribution in [1.82, 2.24) is 18.8 Å². The lowest BCUT2D eigenvalue weighted by molar-refractivity contribution is -0.129. The third-order valence-corrected chi connectivity index (χ3v) is 8.14. The molecule has 32 heavy (non-hydrogen) atoms. The van der Waals surface area contributed by atoms with Crippen LogP contribution in [0.2, 0.25) is 0 Å². The summed E-state index contributed by atoms with van der Waals surface area (Å²) in [5, 5.41) is 0.713. The molecule has 0 aliphatic carbocycles. The second-order valence-electron chi connectivity index (χ2n) is 7.42. The molecule has 2 heterocycles. The Morgan fingerprint density at radius 1 is 1.09 bits per heavy atom. The number of amides is 1. The van der Waals surface area contributed by atoms with Crippen molar-refractivity contribution in [1.29, 1.82) is 0 Å². The van der Waals surface area contributed by atoms with Crippen molar-refractivity contribution in [3.05, 3.63) is 72.3 Å². The molecule has 168 valence electrons. The maximum Gasteiger partial charge on any atom is 0.246 e. The van der Waals surface area contributed by atoms with Gasteiger partial charge in [0.25, 0.3) is 0 Å². The summed E-state index contributed by atoms with van der Waals surface area (Å²) in [6, 6.07) is 13.3. The highest BCUT2D eigenvalue weighted by atomic mass is 32.2. The first-order valence-electron chi connectivity index (χ1n) is 10.1. The third-order valence-electron chi connectivity index (χ3n) is 5.26. The van der Waals surface area contributed by atoms with Crippen LogP contribution in [0.3, 0.4) is 0 Å². The number of carbonyl (C=O) groups excluding carboxylic acids is 1. The fourth-order valence-corrected chi connectivity index (χ4v) is 5.92. The lowest BCUT2D eigenvalue weighted by Crippen LogP contribution is -2.51. The van der Waals surface area contributed by atoms with Gasteiger partial charge in [0.05, 0.1) is 5.75 Å². The quantitative estimate of drug-likeness (QED) is 0.514. The SMILES string of the molecule is Cc1cccc(-n2ccnc2SCC(=O)N2CCN(S(=O)(=O)c3ccccc3F)CC2)c1. The smallest absolute Gasteiger partial charge is 0.246 e. The van der Waals surface area contributed by atoms with Gasteiger partial charge in [-0.15, -0.1) is 0 Å². The molecule has 0 radical (unpaired) electrons. The van der Waals surface area contributed by atoms with Crippen molar-refractivity contribution in [2.75, 3.05) is 31.9 Å². The third kappa shape index (κ3) is 4.72. The van der Waals surface area contributed by atoms with Crippen LogP contribution in [-0.4, -0.2) is 65.0 Å². The zero-order valence-corrected chi connectivity index (χ0v) is 19.2. The first-order valence-corrected chi connectivity index (χ1v) is 12.5. The molecular weight excluding hydrogens is 451 g/mol. The number of carbonyl (C=O) groups is 1. The van der Waals surface area contributed by atoms with E-state index in [9.17, 15) is 17.6 Å². The van der Waals surface area contributed by atoms with Crippen LogP contribution >= 0.6 is 11.8 Å². The van der Waals surface area contributed by atoms with Gasteiger partial charge in [0.2, 0.25) is 15.9 Å². The number of benzene rings is 2. The van der Waals surface area contributed by atoms with Crippen molar-refractivity contribution in [3.8, 4) is 5.69 Å². The molecule has 4 rings (SSSR count). The van der Waals surface area contributed by atoms with E-state index in [2.05, 4.69) is 4.98 Å². The van der Waals surface area contributed by atoms with Gasteiger partial charge in [-0.3, -0.25) is 9.36 Å². The van der Waals surface area contributed by atoms with E-state index >= 15 is 0 Å². The van der Waals surface area contributed by atoms with Crippen LogP contribution in [0, 0.1) is 12.7 Å². The molecule has 1 fully saturated rings. The Labute approximate surface area is 190 Å². The molecule has 1 amide bonds. The Hall–Kier alpha value is -2.69. The maximum atomic E-state index is 14.0. The molecule has 7 nitrogen and oxygen atoms in total. The largest absolute Gasteiger partial charge is 0.339 e. The monoisotopic (exact) mass is 474 g/mol. The van der Waals surface area contributed by atoms with Crippen molar-refractivity contribution in [2.45, 2.75) is 17.0 Å². The standard InChI is InChI=1S/C22H23FN4O3S2/c1-17-5-4-6-18(15-17)27-10-9-24-22(27)31-16-21(28)25-11-13-26(14-12-25)32(29,30)20-8-3-2-7-19(20)23/h2-10,15H,11-14,16H2,1H3. The molecule has 1 aliphatic rings. The predicted octanol–water partition coefficient (Wildman–Crippen LogP) is 2.95. The van der Waals surface area contributed by atoms with Crippen LogP contribution in [0.4, 0.5) is 4.39 Å². The minimum Gasteiger partial charge on any atom is -0.339 e. The van der Waals surface area contributed by atoms with Crippen LogP contribution in [0.5, 0.6) is 0 Å². The fourth-order valence-electron chi connectivity index (χ4n) is 3.56. The molecular formula is C22H23FN4O3S2. The fraction of sp³-hybridized carbons (Fsp3) is 0.273.